The zero-order valence-corrected chi connectivity index (χ0v) is 17.6. The Morgan fingerprint density at radius 1 is 1.12 bits per heavy atom. The van der Waals surface area contributed by atoms with Gasteiger partial charge in [-0.1, -0.05) is 0 Å². The topological polar surface area (TPSA) is 68.3 Å². The number of imidazole rings is 1. The van der Waals surface area contributed by atoms with Crippen LogP contribution in [0, 0.1) is 24.4 Å². The van der Waals surface area contributed by atoms with Crippen molar-refractivity contribution >= 4 is 11.6 Å². The van der Waals surface area contributed by atoms with Gasteiger partial charge in [0.2, 0.25) is 0 Å². The molecule has 32 heavy (non-hydrogen) atoms. The highest BCUT2D eigenvalue weighted by atomic mass is 19.2. The van der Waals surface area contributed by atoms with Gasteiger partial charge in [-0.25, -0.2) is 22.7 Å². The lowest BCUT2D eigenvalue weighted by Gasteiger charge is -2.32. The molecule has 7 nitrogen and oxygen atoms in total. The maximum absolute atomic E-state index is 13.8. The number of carbonyl (C=O) groups excluding carboxylic acids is 1. The Bertz CT molecular complexity index is 1370. The number of halogens is 3. The van der Waals surface area contributed by atoms with Crippen molar-refractivity contribution in [3.05, 3.63) is 70.6 Å². The summed E-state index contributed by atoms with van der Waals surface area (Å²) in [5.74, 6) is -4.27. The summed E-state index contributed by atoms with van der Waals surface area (Å²) >= 11 is 0. The average molecular weight is 440 g/mol. The Kier molecular flexibility index (Phi) is 4.54. The molecule has 164 valence electrons. The number of amides is 1. The molecule has 1 aliphatic rings. The average Bonchev–Trinajstić information content (AvgIpc) is 3.29. The Hall–Kier alpha value is -3.69. The number of rotatable bonds is 2. The summed E-state index contributed by atoms with van der Waals surface area (Å²) in [5, 5.41) is 8.90. The van der Waals surface area contributed by atoms with E-state index in [4.69, 9.17) is 0 Å². The van der Waals surface area contributed by atoms with Crippen LogP contribution in [0.25, 0.3) is 16.9 Å². The van der Waals surface area contributed by atoms with Gasteiger partial charge in [-0.2, -0.15) is 10.2 Å². The van der Waals surface area contributed by atoms with Crippen LogP contribution in [0.5, 0.6) is 0 Å². The van der Waals surface area contributed by atoms with Gasteiger partial charge in [0.05, 0.1) is 29.3 Å². The fraction of sp³-hybridized carbons (Fsp3) is 0.273. The van der Waals surface area contributed by atoms with Crippen molar-refractivity contribution in [2.75, 3.05) is 6.54 Å². The third kappa shape index (κ3) is 3.05. The monoisotopic (exact) mass is 440 g/mol. The van der Waals surface area contributed by atoms with Gasteiger partial charge in [-0.05, 0) is 44.5 Å². The van der Waals surface area contributed by atoms with Crippen LogP contribution in [0.2, 0.25) is 0 Å². The number of benzene rings is 1. The van der Waals surface area contributed by atoms with Crippen LogP contribution in [0.3, 0.4) is 0 Å². The molecular weight excluding hydrogens is 421 g/mol. The van der Waals surface area contributed by atoms with E-state index >= 15 is 0 Å². The molecule has 1 atom stereocenters. The lowest BCUT2D eigenvalue weighted by atomic mass is 9.95. The van der Waals surface area contributed by atoms with Crippen molar-refractivity contribution < 1.29 is 18.0 Å². The molecule has 3 aromatic heterocycles. The van der Waals surface area contributed by atoms with Crippen molar-refractivity contribution in [2.45, 2.75) is 26.3 Å². The molecule has 4 heterocycles. The minimum absolute atomic E-state index is 0.201. The highest BCUT2D eigenvalue weighted by molar-refractivity contribution is 5.93. The highest BCUT2D eigenvalue weighted by Gasteiger charge is 2.34. The van der Waals surface area contributed by atoms with Crippen LogP contribution in [-0.2, 0) is 13.5 Å². The van der Waals surface area contributed by atoms with E-state index in [1.54, 1.807) is 34.8 Å². The minimum Gasteiger partial charge on any atom is -0.329 e. The van der Waals surface area contributed by atoms with E-state index in [-0.39, 0.29) is 23.2 Å². The van der Waals surface area contributed by atoms with Gasteiger partial charge in [0.1, 0.15) is 5.69 Å². The third-order valence-electron chi connectivity index (χ3n) is 5.82. The van der Waals surface area contributed by atoms with E-state index in [2.05, 4.69) is 15.2 Å². The highest BCUT2D eigenvalue weighted by Crippen LogP contribution is 2.36. The van der Waals surface area contributed by atoms with Gasteiger partial charge in [0.15, 0.2) is 23.1 Å². The van der Waals surface area contributed by atoms with Gasteiger partial charge in [0, 0.05) is 24.7 Å². The summed E-state index contributed by atoms with van der Waals surface area (Å²) in [5.41, 5.74) is 3.85. The second kappa shape index (κ2) is 7.18. The third-order valence-corrected chi connectivity index (χ3v) is 5.82. The number of hydrogen-bond donors (Lipinski definition) is 0. The van der Waals surface area contributed by atoms with Crippen molar-refractivity contribution in [1.29, 1.82) is 0 Å². The smallest absolute Gasteiger partial charge is 0.274 e. The molecule has 4 aromatic rings. The molecule has 5 rings (SSSR count). The van der Waals surface area contributed by atoms with Crippen molar-refractivity contribution in [3.8, 4) is 11.3 Å². The summed E-state index contributed by atoms with van der Waals surface area (Å²) in [7, 11) is 1.66. The second-order valence-corrected chi connectivity index (χ2v) is 7.92. The zero-order valence-electron chi connectivity index (χ0n) is 17.6. The van der Waals surface area contributed by atoms with E-state index in [0.29, 0.717) is 30.0 Å². The number of aromatic nitrogens is 5. The summed E-state index contributed by atoms with van der Waals surface area (Å²) in [6.45, 7) is 4.07. The maximum atomic E-state index is 13.8. The molecular formula is C22H19F3N6O. The van der Waals surface area contributed by atoms with Crippen molar-refractivity contribution in [1.82, 2.24) is 29.3 Å². The first kappa shape index (κ1) is 20.2. The van der Waals surface area contributed by atoms with Gasteiger partial charge in [-0.3, -0.25) is 9.48 Å². The Morgan fingerprint density at radius 2 is 1.84 bits per heavy atom. The summed E-state index contributed by atoms with van der Waals surface area (Å²) in [6.07, 6.45) is 2.18. The molecule has 1 amide bonds. The molecule has 0 N–H and O–H groups in total. The SMILES string of the molecule is Cc1cn2nc(C(=O)N3CCc4c(nn(C)c4-c4cc(F)c(F)c(F)c4)[C@@H]3C)ccc2n1. The predicted octanol–water partition coefficient (Wildman–Crippen LogP) is 3.62. The van der Waals surface area contributed by atoms with Crippen molar-refractivity contribution in [3.63, 3.8) is 0 Å². The predicted molar refractivity (Wildman–Crippen MR) is 109 cm³/mol. The van der Waals surface area contributed by atoms with Crippen LogP contribution < -0.4 is 0 Å². The molecule has 0 unspecified atom stereocenters. The zero-order chi connectivity index (χ0) is 22.7. The quantitative estimate of drug-likeness (QED) is 0.447. The molecule has 0 radical (unpaired) electrons. The molecule has 0 fully saturated rings. The Morgan fingerprint density at radius 3 is 2.56 bits per heavy atom. The maximum Gasteiger partial charge on any atom is 0.274 e. The number of nitrogens with zero attached hydrogens (tertiary/aromatic N) is 6. The lowest BCUT2D eigenvalue weighted by Crippen LogP contribution is -2.39. The summed E-state index contributed by atoms with van der Waals surface area (Å²) < 4.78 is 44.2. The van der Waals surface area contributed by atoms with E-state index in [9.17, 15) is 18.0 Å². The number of carbonyl (C=O) groups is 1. The largest absolute Gasteiger partial charge is 0.329 e. The molecule has 0 saturated carbocycles. The summed E-state index contributed by atoms with van der Waals surface area (Å²) in [4.78, 5) is 19.2. The number of fused-ring (bicyclic) bond motifs is 2. The van der Waals surface area contributed by atoms with Crippen molar-refractivity contribution in [2.24, 2.45) is 7.05 Å². The molecule has 0 aliphatic carbocycles. The van der Waals surface area contributed by atoms with E-state index in [0.717, 1.165) is 23.4 Å². The first-order valence-corrected chi connectivity index (χ1v) is 10.1. The normalized spacial score (nSPS) is 15.9. The van der Waals surface area contributed by atoms with Crippen LogP contribution in [-0.4, -0.2) is 41.7 Å². The van der Waals surface area contributed by atoms with Gasteiger partial charge in [-0.15, -0.1) is 0 Å². The summed E-state index contributed by atoms with van der Waals surface area (Å²) in [6, 6.07) is 4.92. The molecule has 1 aromatic carbocycles. The van der Waals surface area contributed by atoms with E-state index in [1.165, 1.54) is 4.68 Å². The Balaban J connectivity index is 1.50. The van der Waals surface area contributed by atoms with E-state index < -0.39 is 17.5 Å². The molecule has 0 spiro atoms. The van der Waals surface area contributed by atoms with Crippen LogP contribution in [0.1, 0.15) is 40.4 Å². The van der Waals surface area contributed by atoms with E-state index in [1.807, 2.05) is 13.8 Å². The number of hydrogen-bond acceptors (Lipinski definition) is 4. The fourth-order valence-corrected chi connectivity index (χ4v) is 4.34. The molecule has 1 aliphatic heterocycles. The lowest BCUT2D eigenvalue weighted by molar-refractivity contribution is 0.0666. The minimum atomic E-state index is -1.51. The Labute approximate surface area is 181 Å². The van der Waals surface area contributed by atoms with Crippen LogP contribution in [0.4, 0.5) is 13.2 Å². The second-order valence-electron chi connectivity index (χ2n) is 7.92. The standard InChI is InChI=1S/C22H19F3N6O/c1-11-10-31-18(26-11)5-4-17(27-31)22(32)30-7-6-14-20(12(30)2)28-29(3)21(14)13-8-15(23)19(25)16(24)9-13/h4-5,8-10,12H,6-7H2,1-3H3/t12-/m0/s1. The van der Waals surface area contributed by atoms with Gasteiger partial charge in [0.25, 0.3) is 5.91 Å². The molecule has 0 bridgehead atoms. The van der Waals surface area contributed by atoms with Crippen LogP contribution in [0.15, 0.2) is 30.5 Å². The number of aryl methyl sites for hydroxylation is 2. The first-order valence-electron chi connectivity index (χ1n) is 10.1. The fourth-order valence-electron chi connectivity index (χ4n) is 4.34. The van der Waals surface area contributed by atoms with Gasteiger partial charge < -0.3 is 4.90 Å². The molecule has 10 heteroatoms. The molecule has 0 saturated heterocycles. The van der Waals surface area contributed by atoms with Crippen LogP contribution >= 0.6 is 0 Å². The first-order chi connectivity index (χ1) is 15.2. The van der Waals surface area contributed by atoms with Gasteiger partial charge >= 0.3 is 0 Å².